The molecule has 1 fully saturated rings. The van der Waals surface area contributed by atoms with Crippen LogP contribution in [0.15, 0.2) is 29.2 Å². The molecule has 8 heteroatoms. The average Bonchev–Trinajstić information content (AvgIpc) is 2.60. The summed E-state index contributed by atoms with van der Waals surface area (Å²) in [5, 5.41) is 12.2. The van der Waals surface area contributed by atoms with Gasteiger partial charge in [0.05, 0.1) is 10.3 Å². The monoisotopic (exact) mass is 354 g/mol. The van der Waals surface area contributed by atoms with Gasteiger partial charge >= 0.3 is 5.97 Å². The Balaban J connectivity index is 2.05. The van der Waals surface area contributed by atoms with Gasteiger partial charge < -0.3 is 10.4 Å². The molecule has 24 heavy (non-hydrogen) atoms. The molecule has 1 aromatic carbocycles. The van der Waals surface area contributed by atoms with Crippen molar-refractivity contribution >= 4 is 21.9 Å². The lowest BCUT2D eigenvalue weighted by atomic mass is 9.74. The van der Waals surface area contributed by atoms with Gasteiger partial charge in [-0.25, -0.2) is 13.1 Å². The highest BCUT2D eigenvalue weighted by atomic mass is 32.2. The van der Waals surface area contributed by atoms with Gasteiger partial charge in [-0.2, -0.15) is 0 Å². The van der Waals surface area contributed by atoms with Gasteiger partial charge in [-0.05, 0) is 44.2 Å². The summed E-state index contributed by atoms with van der Waals surface area (Å²) in [5.41, 5.74) is -0.607. The molecule has 0 aliphatic heterocycles. The zero-order valence-electron chi connectivity index (χ0n) is 13.5. The van der Waals surface area contributed by atoms with Crippen molar-refractivity contribution in [2.45, 2.75) is 37.0 Å². The molecule has 0 heterocycles. The predicted molar refractivity (Wildman–Crippen MR) is 88.2 cm³/mol. The van der Waals surface area contributed by atoms with Crippen molar-refractivity contribution in [1.82, 2.24) is 10.0 Å². The number of amides is 1. The number of carbonyl (C=O) groups is 2. The topological polar surface area (TPSA) is 113 Å². The fraction of sp³-hybridized carbons (Fsp3) is 0.500. The SMILES string of the molecule is CNS(=O)(=O)c1ccc(C(=O)NCC2(C(=O)O)CCCCC2)cc1. The van der Waals surface area contributed by atoms with Crippen molar-refractivity contribution in [3.05, 3.63) is 29.8 Å². The number of aliphatic carboxylic acids is 1. The molecule has 1 aliphatic carbocycles. The van der Waals surface area contributed by atoms with E-state index in [1.54, 1.807) is 0 Å². The van der Waals surface area contributed by atoms with E-state index in [0.717, 1.165) is 19.3 Å². The highest BCUT2D eigenvalue weighted by Gasteiger charge is 2.39. The molecule has 0 unspecified atom stereocenters. The van der Waals surface area contributed by atoms with Crippen molar-refractivity contribution in [1.29, 1.82) is 0 Å². The minimum Gasteiger partial charge on any atom is -0.481 e. The molecule has 2 rings (SSSR count). The number of carbonyl (C=O) groups excluding carboxylic acids is 1. The van der Waals surface area contributed by atoms with Gasteiger partial charge in [0.15, 0.2) is 0 Å². The van der Waals surface area contributed by atoms with E-state index in [1.807, 2.05) is 0 Å². The summed E-state index contributed by atoms with van der Waals surface area (Å²) in [7, 11) is -2.24. The van der Waals surface area contributed by atoms with Crippen LogP contribution in [0.25, 0.3) is 0 Å². The minimum atomic E-state index is -3.55. The molecule has 1 aromatic rings. The van der Waals surface area contributed by atoms with Gasteiger partial charge in [-0.15, -0.1) is 0 Å². The zero-order chi connectivity index (χ0) is 17.8. The van der Waals surface area contributed by atoms with E-state index in [4.69, 9.17) is 0 Å². The molecule has 0 radical (unpaired) electrons. The van der Waals surface area contributed by atoms with Crippen molar-refractivity contribution in [3.63, 3.8) is 0 Å². The molecule has 7 nitrogen and oxygen atoms in total. The predicted octanol–water partition coefficient (Wildman–Crippen LogP) is 1.36. The number of hydrogen-bond acceptors (Lipinski definition) is 4. The van der Waals surface area contributed by atoms with Crippen LogP contribution < -0.4 is 10.0 Å². The van der Waals surface area contributed by atoms with E-state index in [0.29, 0.717) is 18.4 Å². The molecule has 0 saturated heterocycles. The number of hydrogen-bond donors (Lipinski definition) is 3. The van der Waals surface area contributed by atoms with Crippen LogP contribution in [-0.4, -0.2) is 39.0 Å². The molecule has 1 aliphatic rings. The lowest BCUT2D eigenvalue weighted by Gasteiger charge is -2.33. The first kappa shape index (κ1) is 18.4. The Morgan fingerprint density at radius 2 is 1.71 bits per heavy atom. The number of sulfonamides is 1. The van der Waals surface area contributed by atoms with Crippen LogP contribution in [0.1, 0.15) is 42.5 Å². The Kier molecular flexibility index (Phi) is 5.61. The lowest BCUT2D eigenvalue weighted by Crippen LogP contribution is -2.44. The van der Waals surface area contributed by atoms with Crippen LogP contribution in [0.5, 0.6) is 0 Å². The fourth-order valence-corrected chi connectivity index (χ4v) is 3.68. The van der Waals surface area contributed by atoms with E-state index in [9.17, 15) is 23.1 Å². The number of nitrogens with one attached hydrogen (secondary N) is 2. The first-order valence-electron chi connectivity index (χ1n) is 7.86. The van der Waals surface area contributed by atoms with Crippen molar-refractivity contribution in [2.24, 2.45) is 5.41 Å². The Hall–Kier alpha value is -1.93. The summed E-state index contributed by atoms with van der Waals surface area (Å²) >= 11 is 0. The third-order valence-electron chi connectivity index (χ3n) is 4.55. The Bertz CT molecular complexity index is 706. The summed E-state index contributed by atoms with van der Waals surface area (Å²) in [4.78, 5) is 23.9. The van der Waals surface area contributed by atoms with Crippen LogP contribution in [0, 0.1) is 5.41 Å². The van der Waals surface area contributed by atoms with Crippen LogP contribution >= 0.6 is 0 Å². The van der Waals surface area contributed by atoms with Crippen molar-refractivity contribution in [3.8, 4) is 0 Å². The fourth-order valence-electron chi connectivity index (χ4n) is 2.95. The van der Waals surface area contributed by atoms with Gasteiger partial charge in [0.2, 0.25) is 10.0 Å². The molecule has 0 bridgehead atoms. The highest BCUT2D eigenvalue weighted by Crippen LogP contribution is 2.36. The van der Waals surface area contributed by atoms with E-state index in [-0.39, 0.29) is 11.4 Å². The number of carboxylic acids is 1. The van der Waals surface area contributed by atoms with Crippen LogP contribution in [-0.2, 0) is 14.8 Å². The normalized spacial score (nSPS) is 17.2. The molecular weight excluding hydrogens is 332 g/mol. The number of carboxylic acid groups (broad SMARTS) is 1. The maximum atomic E-state index is 12.2. The molecule has 3 N–H and O–H groups in total. The molecule has 0 aromatic heterocycles. The second-order valence-corrected chi connectivity index (χ2v) is 7.95. The van der Waals surface area contributed by atoms with Crippen molar-refractivity contribution < 1.29 is 23.1 Å². The van der Waals surface area contributed by atoms with E-state index in [1.165, 1.54) is 31.3 Å². The van der Waals surface area contributed by atoms with Gasteiger partial charge in [-0.1, -0.05) is 19.3 Å². The Morgan fingerprint density at radius 3 is 2.21 bits per heavy atom. The highest BCUT2D eigenvalue weighted by molar-refractivity contribution is 7.89. The average molecular weight is 354 g/mol. The summed E-state index contributed by atoms with van der Waals surface area (Å²) in [6.45, 7) is 0.0811. The van der Waals surface area contributed by atoms with Crippen LogP contribution in [0.3, 0.4) is 0 Å². The third-order valence-corrected chi connectivity index (χ3v) is 5.98. The maximum absolute atomic E-state index is 12.2. The summed E-state index contributed by atoms with van der Waals surface area (Å²) in [6.07, 6.45) is 3.83. The summed E-state index contributed by atoms with van der Waals surface area (Å²) < 4.78 is 25.5. The van der Waals surface area contributed by atoms with E-state index < -0.39 is 27.3 Å². The van der Waals surface area contributed by atoms with Crippen LogP contribution in [0.2, 0.25) is 0 Å². The first-order chi connectivity index (χ1) is 11.3. The zero-order valence-corrected chi connectivity index (χ0v) is 14.4. The second kappa shape index (κ2) is 7.31. The summed E-state index contributed by atoms with van der Waals surface area (Å²) in [5.74, 6) is -1.28. The van der Waals surface area contributed by atoms with Gasteiger partial charge in [-0.3, -0.25) is 9.59 Å². The largest absolute Gasteiger partial charge is 0.481 e. The number of rotatable bonds is 6. The quantitative estimate of drug-likeness (QED) is 0.714. The van der Waals surface area contributed by atoms with Gasteiger partial charge in [0.25, 0.3) is 5.91 Å². The summed E-state index contributed by atoms with van der Waals surface area (Å²) in [6, 6.07) is 5.50. The van der Waals surface area contributed by atoms with Crippen molar-refractivity contribution in [2.75, 3.05) is 13.6 Å². The van der Waals surface area contributed by atoms with Crippen LogP contribution in [0.4, 0.5) is 0 Å². The molecule has 0 atom stereocenters. The molecule has 1 saturated carbocycles. The smallest absolute Gasteiger partial charge is 0.311 e. The Labute approximate surface area is 141 Å². The van der Waals surface area contributed by atoms with E-state index >= 15 is 0 Å². The minimum absolute atomic E-state index is 0.0656. The maximum Gasteiger partial charge on any atom is 0.311 e. The molecule has 1 amide bonds. The van der Waals surface area contributed by atoms with E-state index in [2.05, 4.69) is 10.0 Å². The standard InChI is InChI=1S/C16H22N2O5S/c1-17-24(22,23)13-7-5-12(6-8-13)14(19)18-11-16(15(20)21)9-3-2-4-10-16/h5-8,17H,2-4,9-11H2,1H3,(H,18,19)(H,20,21). The second-order valence-electron chi connectivity index (χ2n) is 6.06. The molecule has 0 spiro atoms. The number of benzene rings is 1. The van der Waals surface area contributed by atoms with Gasteiger partial charge in [0, 0.05) is 12.1 Å². The van der Waals surface area contributed by atoms with Gasteiger partial charge in [0.1, 0.15) is 0 Å². The molecular formula is C16H22N2O5S. The third kappa shape index (κ3) is 3.93. The Morgan fingerprint density at radius 1 is 1.12 bits per heavy atom. The first-order valence-corrected chi connectivity index (χ1v) is 9.34. The lowest BCUT2D eigenvalue weighted by molar-refractivity contribution is -0.150. The molecule has 132 valence electrons.